The van der Waals surface area contributed by atoms with Crippen LogP contribution in [-0.2, 0) is 28.8 Å². The summed E-state index contributed by atoms with van der Waals surface area (Å²) in [5.74, 6) is -1.22. The lowest BCUT2D eigenvalue weighted by molar-refractivity contribution is -0.129. The summed E-state index contributed by atoms with van der Waals surface area (Å²) in [5, 5.41) is 14.6. The molecule has 0 saturated heterocycles. The van der Waals surface area contributed by atoms with Crippen LogP contribution >= 0.6 is 0 Å². The number of carbonyl (C=O) groups is 6. The average Bonchev–Trinajstić information content (AvgIpc) is 3.23. The Kier molecular flexibility index (Phi) is 39.7. The molecule has 0 spiro atoms. The Bertz CT molecular complexity index is 1140. The van der Waals surface area contributed by atoms with E-state index >= 15 is 0 Å². The number of rotatable bonds is 44. The monoisotopic (exact) mass is 866 g/mol. The molecule has 0 bridgehead atoms. The Labute approximate surface area is 369 Å². The van der Waals surface area contributed by atoms with Crippen LogP contribution in [0.2, 0.25) is 0 Å². The maximum atomic E-state index is 13.0. The van der Waals surface area contributed by atoms with Gasteiger partial charge >= 0.3 is 0 Å². The molecule has 0 aliphatic rings. The number of nitrogens with two attached hydrogens (primary N) is 4. The number of primary amides is 1. The van der Waals surface area contributed by atoms with Crippen LogP contribution in [0.4, 0.5) is 0 Å². The van der Waals surface area contributed by atoms with Gasteiger partial charge in [-0.15, -0.1) is 0 Å². The van der Waals surface area contributed by atoms with Gasteiger partial charge in [-0.05, 0) is 110 Å². The van der Waals surface area contributed by atoms with E-state index in [1.807, 2.05) is 0 Å². The lowest BCUT2D eigenvalue weighted by atomic mass is 10.1. The number of amides is 6. The van der Waals surface area contributed by atoms with Gasteiger partial charge < -0.3 is 49.5 Å². The van der Waals surface area contributed by atoms with E-state index in [2.05, 4.69) is 33.5 Å². The zero-order valence-electron chi connectivity index (χ0n) is 38.4. The molecule has 0 aliphatic heterocycles. The smallest absolute Gasteiger partial charge is 0.242 e. The number of hydrogen-bond donors (Lipinski definition) is 9. The predicted octanol–water partition coefficient (Wildman–Crippen LogP) is 5.15. The van der Waals surface area contributed by atoms with E-state index in [1.165, 1.54) is 38.5 Å². The highest BCUT2D eigenvalue weighted by molar-refractivity contribution is 5.88. The van der Waals surface area contributed by atoms with Crippen molar-refractivity contribution in [2.24, 2.45) is 22.9 Å². The van der Waals surface area contributed by atoms with Crippen molar-refractivity contribution in [1.82, 2.24) is 26.6 Å². The van der Waals surface area contributed by atoms with Crippen molar-refractivity contribution in [2.75, 3.05) is 32.7 Å². The van der Waals surface area contributed by atoms with Crippen LogP contribution < -0.4 is 49.5 Å². The third-order valence-electron chi connectivity index (χ3n) is 11.1. The zero-order chi connectivity index (χ0) is 45.2. The van der Waals surface area contributed by atoms with Crippen molar-refractivity contribution in [2.45, 2.75) is 224 Å². The highest BCUT2D eigenvalue weighted by Crippen LogP contribution is 2.12. The van der Waals surface area contributed by atoms with Crippen LogP contribution in [0, 0.1) is 0 Å². The molecule has 0 radical (unpaired) electrons. The quantitative estimate of drug-likeness (QED) is 0.0366. The van der Waals surface area contributed by atoms with E-state index in [-0.39, 0.29) is 29.5 Å². The van der Waals surface area contributed by atoms with Gasteiger partial charge in [-0.2, -0.15) is 0 Å². The summed E-state index contributed by atoms with van der Waals surface area (Å²) in [4.78, 5) is 75.3. The van der Waals surface area contributed by atoms with Crippen LogP contribution in [0.3, 0.4) is 0 Å². The third-order valence-corrected chi connectivity index (χ3v) is 11.1. The van der Waals surface area contributed by atoms with Crippen LogP contribution in [0.25, 0.3) is 0 Å². The minimum absolute atomic E-state index is 0.0599. The van der Waals surface area contributed by atoms with Crippen LogP contribution in [0.15, 0.2) is 0 Å². The van der Waals surface area contributed by atoms with E-state index < -0.39 is 24.0 Å². The summed E-state index contributed by atoms with van der Waals surface area (Å²) in [7, 11) is 0. The largest absolute Gasteiger partial charge is 0.368 e. The molecule has 0 unspecified atom stereocenters. The number of carbonyl (C=O) groups excluding carboxylic acids is 6. The van der Waals surface area contributed by atoms with Gasteiger partial charge in [0.15, 0.2) is 0 Å². The number of unbranched alkanes of at least 4 members (excludes halogenated alkanes) is 19. The maximum Gasteiger partial charge on any atom is 0.242 e. The van der Waals surface area contributed by atoms with E-state index in [9.17, 15) is 28.8 Å². The summed E-state index contributed by atoms with van der Waals surface area (Å²) < 4.78 is 0. The summed E-state index contributed by atoms with van der Waals surface area (Å²) in [6, 6.07) is -1.79. The van der Waals surface area contributed by atoms with Crippen molar-refractivity contribution in [3.8, 4) is 0 Å². The number of hydrogen-bond acceptors (Lipinski definition) is 9. The standard InChI is InChI=1S/C46H91N9O6/c1-2-3-4-5-6-7-8-11-16-31-42(57)54-39(28-20-23-34-48)45(60)52-37-26-15-10-13-18-32-43(58)55-40(29-21-24-35-49)46(61)51-36-25-14-9-12-17-30-41(56)53-38(44(50)59)27-19-22-33-47/h38-40H,2-37,47-49H2,1H3,(H2,50,59)(H,51,61)(H,52,60)(H,53,56)(H,54,57)(H,55,58)/t38-,39-,40-/m0/s1. The molecular formula is C46H91N9O6. The number of nitrogens with one attached hydrogen (secondary N) is 5. The molecule has 0 aromatic rings. The Balaban J connectivity index is 4.34. The second-order valence-electron chi connectivity index (χ2n) is 16.8. The fourth-order valence-electron chi connectivity index (χ4n) is 7.25. The normalized spacial score (nSPS) is 12.6. The summed E-state index contributed by atoms with van der Waals surface area (Å²) in [5.41, 5.74) is 22.3. The van der Waals surface area contributed by atoms with Crippen molar-refractivity contribution in [3.63, 3.8) is 0 Å². The van der Waals surface area contributed by atoms with Gasteiger partial charge in [-0.1, -0.05) is 96.8 Å². The lowest BCUT2D eigenvalue weighted by Gasteiger charge is -2.19. The second kappa shape index (κ2) is 42.0. The molecule has 6 amide bonds. The average molecular weight is 866 g/mol. The molecule has 0 aliphatic carbocycles. The first-order valence-corrected chi connectivity index (χ1v) is 24.4. The van der Waals surface area contributed by atoms with Crippen LogP contribution in [0.1, 0.15) is 206 Å². The van der Waals surface area contributed by atoms with Gasteiger partial charge in [0.2, 0.25) is 35.4 Å². The highest BCUT2D eigenvalue weighted by atomic mass is 16.2. The van der Waals surface area contributed by atoms with E-state index in [1.54, 1.807) is 0 Å². The van der Waals surface area contributed by atoms with Gasteiger partial charge in [0.25, 0.3) is 0 Å². The molecule has 0 heterocycles. The molecular weight excluding hydrogens is 775 g/mol. The van der Waals surface area contributed by atoms with Crippen molar-refractivity contribution < 1.29 is 28.8 Å². The molecule has 15 nitrogen and oxygen atoms in total. The third kappa shape index (κ3) is 35.9. The van der Waals surface area contributed by atoms with E-state index in [0.29, 0.717) is 84.1 Å². The van der Waals surface area contributed by atoms with Crippen LogP contribution in [0.5, 0.6) is 0 Å². The Hall–Kier alpha value is -3.30. The van der Waals surface area contributed by atoms with Crippen molar-refractivity contribution >= 4 is 35.4 Å². The minimum atomic E-state index is -0.658. The minimum Gasteiger partial charge on any atom is -0.368 e. The molecule has 61 heavy (non-hydrogen) atoms. The fraction of sp³-hybridized carbons (Fsp3) is 0.870. The summed E-state index contributed by atoms with van der Waals surface area (Å²) in [6.45, 7) is 4.89. The Morgan fingerprint density at radius 1 is 0.377 bits per heavy atom. The molecule has 13 N–H and O–H groups in total. The van der Waals surface area contributed by atoms with Crippen LogP contribution in [-0.4, -0.2) is 86.3 Å². The first kappa shape index (κ1) is 57.7. The van der Waals surface area contributed by atoms with E-state index in [0.717, 1.165) is 109 Å². The molecule has 0 rings (SSSR count). The first-order valence-electron chi connectivity index (χ1n) is 24.4. The fourth-order valence-corrected chi connectivity index (χ4v) is 7.25. The van der Waals surface area contributed by atoms with Gasteiger partial charge in [0.1, 0.15) is 18.1 Å². The second-order valence-corrected chi connectivity index (χ2v) is 16.8. The maximum absolute atomic E-state index is 13.0. The summed E-state index contributed by atoms with van der Waals surface area (Å²) in [6.07, 6.45) is 26.5. The first-order chi connectivity index (χ1) is 29.6. The Morgan fingerprint density at radius 2 is 0.672 bits per heavy atom. The Morgan fingerprint density at radius 3 is 1.00 bits per heavy atom. The topological polar surface area (TPSA) is 267 Å². The van der Waals surface area contributed by atoms with E-state index in [4.69, 9.17) is 22.9 Å². The predicted molar refractivity (Wildman–Crippen MR) is 247 cm³/mol. The van der Waals surface area contributed by atoms with Crippen molar-refractivity contribution in [1.29, 1.82) is 0 Å². The molecule has 0 aromatic carbocycles. The molecule has 0 fully saturated rings. The molecule has 3 atom stereocenters. The van der Waals surface area contributed by atoms with Gasteiger partial charge in [-0.3, -0.25) is 28.8 Å². The highest BCUT2D eigenvalue weighted by Gasteiger charge is 2.21. The van der Waals surface area contributed by atoms with Crippen molar-refractivity contribution in [3.05, 3.63) is 0 Å². The van der Waals surface area contributed by atoms with Gasteiger partial charge in [-0.25, -0.2) is 0 Å². The zero-order valence-corrected chi connectivity index (χ0v) is 38.4. The molecule has 356 valence electrons. The summed E-state index contributed by atoms with van der Waals surface area (Å²) >= 11 is 0. The molecule has 0 aromatic heterocycles. The van der Waals surface area contributed by atoms with Gasteiger partial charge in [0.05, 0.1) is 0 Å². The SMILES string of the molecule is CCCCCCCCCCCC(=O)N[C@@H](CCCCN)C(=O)NCCCCCCCC(=O)N[C@@H](CCCCN)C(=O)NCCCCCCCC(=O)N[C@@H](CCCCN)C(N)=O. The lowest BCUT2D eigenvalue weighted by Crippen LogP contribution is -2.47. The van der Waals surface area contributed by atoms with Gasteiger partial charge in [0, 0.05) is 32.4 Å². The molecule has 15 heteroatoms. The molecule has 0 saturated carbocycles.